The van der Waals surface area contributed by atoms with Gasteiger partial charge in [-0.25, -0.2) is 9.37 Å². The van der Waals surface area contributed by atoms with E-state index in [1.807, 2.05) is 19.9 Å². The molecule has 1 fully saturated rings. The van der Waals surface area contributed by atoms with Gasteiger partial charge in [-0.05, 0) is 62.4 Å². The second-order valence-corrected chi connectivity index (χ2v) is 8.40. The van der Waals surface area contributed by atoms with Gasteiger partial charge in [0.25, 0.3) is 11.5 Å². The highest BCUT2D eigenvalue weighted by atomic mass is 19.1. The molecular weight excluding hydrogens is 423 g/mol. The number of halogens is 1. The van der Waals surface area contributed by atoms with Crippen molar-refractivity contribution in [2.45, 2.75) is 52.1 Å². The Labute approximate surface area is 191 Å². The number of nitrogens with one attached hydrogen (secondary N) is 2. The third-order valence-corrected chi connectivity index (χ3v) is 6.03. The van der Waals surface area contributed by atoms with Gasteiger partial charge in [-0.3, -0.25) is 14.2 Å². The highest BCUT2D eigenvalue weighted by molar-refractivity contribution is 5.95. The van der Waals surface area contributed by atoms with Gasteiger partial charge in [0.1, 0.15) is 11.6 Å². The van der Waals surface area contributed by atoms with E-state index < -0.39 is 11.4 Å². The van der Waals surface area contributed by atoms with Gasteiger partial charge in [0.05, 0.1) is 11.7 Å². The van der Waals surface area contributed by atoms with Crippen LogP contribution in [-0.4, -0.2) is 26.6 Å². The Bertz CT molecular complexity index is 1270. The molecule has 1 amide bonds. The number of carbonyl (C=O) groups is 1. The lowest BCUT2D eigenvalue weighted by Crippen LogP contribution is -2.28. The van der Waals surface area contributed by atoms with Crippen LogP contribution in [0.5, 0.6) is 5.75 Å². The summed E-state index contributed by atoms with van der Waals surface area (Å²) in [5.41, 5.74) is 1.83. The van der Waals surface area contributed by atoms with Crippen LogP contribution >= 0.6 is 0 Å². The van der Waals surface area contributed by atoms with Crippen molar-refractivity contribution < 1.29 is 14.3 Å². The summed E-state index contributed by atoms with van der Waals surface area (Å²) in [4.78, 5) is 30.0. The molecule has 3 N–H and O–H groups in total. The van der Waals surface area contributed by atoms with Gasteiger partial charge in [-0.15, -0.1) is 0 Å². The normalized spacial score (nSPS) is 14.1. The Morgan fingerprint density at radius 1 is 1.27 bits per heavy atom. The molecule has 0 unspecified atom stereocenters. The minimum absolute atomic E-state index is 0.0970. The molecule has 33 heavy (non-hydrogen) atoms. The van der Waals surface area contributed by atoms with E-state index >= 15 is 0 Å². The molecule has 1 aliphatic carbocycles. The summed E-state index contributed by atoms with van der Waals surface area (Å²) < 4.78 is 16.0. The third-order valence-electron chi connectivity index (χ3n) is 6.03. The molecule has 0 radical (unpaired) electrons. The van der Waals surface area contributed by atoms with Gasteiger partial charge in [0.15, 0.2) is 5.82 Å². The topological polar surface area (TPSA) is 96.3 Å². The molecule has 0 bridgehead atoms. The molecule has 1 atom stereocenters. The molecule has 4 rings (SSSR count). The van der Waals surface area contributed by atoms with Crippen LogP contribution in [0.4, 0.5) is 10.2 Å². The van der Waals surface area contributed by atoms with Crippen molar-refractivity contribution in [2.75, 3.05) is 5.32 Å². The first-order valence-corrected chi connectivity index (χ1v) is 11.0. The van der Waals surface area contributed by atoms with E-state index in [-0.39, 0.29) is 46.4 Å². The van der Waals surface area contributed by atoms with E-state index in [2.05, 4.69) is 15.6 Å². The standard InChI is InChI=1S/C25H27FN4O3/c1-4-20(18-6-5-7-22(31)14(18)2)29-23-25(33)30(11-10-27-23)21-13-16(12-19(26)15(21)3)24(32)28-17-8-9-17/h5-7,10-13,17,20,31H,4,8-9H2,1-3H3,(H,27,29)(H,28,32)/t20-/m1/s1. The molecule has 0 aliphatic heterocycles. The van der Waals surface area contributed by atoms with Gasteiger partial charge >= 0.3 is 0 Å². The van der Waals surface area contributed by atoms with E-state index in [4.69, 9.17) is 0 Å². The first kappa shape index (κ1) is 22.5. The Morgan fingerprint density at radius 3 is 2.73 bits per heavy atom. The Morgan fingerprint density at radius 2 is 2.03 bits per heavy atom. The van der Waals surface area contributed by atoms with Crippen molar-refractivity contribution >= 4 is 11.7 Å². The number of phenolic OH excluding ortho intramolecular Hbond substituents is 1. The number of amides is 1. The number of anilines is 1. The maximum absolute atomic E-state index is 14.7. The number of phenols is 1. The summed E-state index contributed by atoms with van der Waals surface area (Å²) in [7, 11) is 0. The molecule has 0 spiro atoms. The van der Waals surface area contributed by atoms with Gasteiger partial charge < -0.3 is 15.7 Å². The second kappa shape index (κ2) is 9.05. The Balaban J connectivity index is 1.71. The Kier molecular flexibility index (Phi) is 6.18. The summed E-state index contributed by atoms with van der Waals surface area (Å²) in [6.07, 6.45) is 5.40. The molecule has 1 aliphatic rings. The summed E-state index contributed by atoms with van der Waals surface area (Å²) in [6.45, 7) is 5.35. The van der Waals surface area contributed by atoms with Crippen molar-refractivity contribution in [3.05, 3.63) is 81.2 Å². The molecule has 1 saturated carbocycles. The maximum Gasteiger partial charge on any atom is 0.297 e. The summed E-state index contributed by atoms with van der Waals surface area (Å²) in [6, 6.07) is 7.85. The predicted molar refractivity (Wildman–Crippen MR) is 125 cm³/mol. The summed E-state index contributed by atoms with van der Waals surface area (Å²) in [5.74, 6) is -0.643. The monoisotopic (exact) mass is 450 g/mol. The van der Waals surface area contributed by atoms with E-state index in [1.165, 1.54) is 29.1 Å². The fraction of sp³-hybridized carbons (Fsp3) is 0.320. The first-order chi connectivity index (χ1) is 15.8. The summed E-state index contributed by atoms with van der Waals surface area (Å²) in [5, 5.41) is 16.1. The fourth-order valence-corrected chi connectivity index (χ4v) is 3.83. The molecule has 1 aromatic heterocycles. The van der Waals surface area contributed by atoms with Crippen LogP contribution in [0.2, 0.25) is 0 Å². The van der Waals surface area contributed by atoms with Crippen LogP contribution in [-0.2, 0) is 0 Å². The fourth-order valence-electron chi connectivity index (χ4n) is 3.83. The van der Waals surface area contributed by atoms with Crippen LogP contribution in [0.1, 0.15) is 59.3 Å². The summed E-state index contributed by atoms with van der Waals surface area (Å²) >= 11 is 0. The van der Waals surface area contributed by atoms with Crippen molar-refractivity contribution in [1.82, 2.24) is 14.9 Å². The van der Waals surface area contributed by atoms with Crippen molar-refractivity contribution in [2.24, 2.45) is 0 Å². The van der Waals surface area contributed by atoms with E-state index in [0.717, 1.165) is 24.0 Å². The molecule has 172 valence electrons. The van der Waals surface area contributed by atoms with Crippen LogP contribution in [0.25, 0.3) is 5.69 Å². The Hall–Kier alpha value is -3.68. The average Bonchev–Trinajstić information content (AvgIpc) is 3.61. The molecular formula is C25H27FN4O3. The molecule has 0 saturated heterocycles. The van der Waals surface area contributed by atoms with Gasteiger partial charge in [0, 0.05) is 29.6 Å². The molecule has 7 nitrogen and oxygen atoms in total. The van der Waals surface area contributed by atoms with E-state index in [1.54, 1.807) is 19.1 Å². The zero-order valence-electron chi connectivity index (χ0n) is 18.9. The lowest BCUT2D eigenvalue weighted by atomic mass is 9.98. The minimum atomic E-state index is -0.562. The van der Waals surface area contributed by atoms with Gasteiger partial charge in [-0.2, -0.15) is 0 Å². The van der Waals surface area contributed by atoms with Crippen molar-refractivity contribution in [1.29, 1.82) is 0 Å². The van der Waals surface area contributed by atoms with E-state index in [9.17, 15) is 19.1 Å². The van der Waals surface area contributed by atoms with Crippen LogP contribution in [0.15, 0.2) is 47.5 Å². The highest BCUT2D eigenvalue weighted by Gasteiger charge is 2.25. The average molecular weight is 451 g/mol. The zero-order valence-corrected chi connectivity index (χ0v) is 18.9. The number of benzene rings is 2. The number of nitrogens with zero attached hydrogens (tertiary/aromatic N) is 2. The molecule has 3 aromatic rings. The molecule has 2 aromatic carbocycles. The second-order valence-electron chi connectivity index (χ2n) is 8.40. The largest absolute Gasteiger partial charge is 0.508 e. The molecule has 8 heteroatoms. The van der Waals surface area contributed by atoms with Crippen molar-refractivity contribution in [3.8, 4) is 11.4 Å². The lowest BCUT2D eigenvalue weighted by molar-refractivity contribution is 0.0950. The number of carbonyl (C=O) groups excluding carboxylic acids is 1. The maximum atomic E-state index is 14.7. The number of rotatable bonds is 7. The van der Waals surface area contributed by atoms with Crippen LogP contribution in [0.3, 0.4) is 0 Å². The highest BCUT2D eigenvalue weighted by Crippen LogP contribution is 2.29. The number of aromatic nitrogens is 2. The van der Waals surface area contributed by atoms with E-state index in [0.29, 0.717) is 6.42 Å². The SMILES string of the molecule is CC[C@@H](Nc1nccn(-c2cc(C(=O)NC3CC3)cc(F)c2C)c1=O)c1cccc(O)c1C. The number of hydrogen-bond acceptors (Lipinski definition) is 5. The molecule has 1 heterocycles. The van der Waals surface area contributed by atoms with Crippen LogP contribution in [0, 0.1) is 19.7 Å². The van der Waals surface area contributed by atoms with Gasteiger partial charge in [0.2, 0.25) is 0 Å². The smallest absolute Gasteiger partial charge is 0.297 e. The third kappa shape index (κ3) is 4.60. The quantitative estimate of drug-likeness (QED) is 0.503. The lowest BCUT2D eigenvalue weighted by Gasteiger charge is -2.21. The van der Waals surface area contributed by atoms with Crippen LogP contribution < -0.4 is 16.2 Å². The number of hydrogen-bond donors (Lipinski definition) is 3. The zero-order chi connectivity index (χ0) is 23.7. The number of aromatic hydroxyl groups is 1. The predicted octanol–water partition coefficient (Wildman–Crippen LogP) is 4.15. The first-order valence-electron chi connectivity index (χ1n) is 11.0. The minimum Gasteiger partial charge on any atom is -0.508 e. The van der Waals surface area contributed by atoms with Crippen molar-refractivity contribution in [3.63, 3.8) is 0 Å². The van der Waals surface area contributed by atoms with Gasteiger partial charge in [-0.1, -0.05) is 19.1 Å².